The number of hydrogen-bond acceptors (Lipinski definition) is 12. The van der Waals surface area contributed by atoms with Crippen molar-refractivity contribution in [3.05, 3.63) is 63.5 Å². The summed E-state index contributed by atoms with van der Waals surface area (Å²) in [5.41, 5.74) is 0.354. The highest BCUT2D eigenvalue weighted by Crippen LogP contribution is 2.58. The van der Waals surface area contributed by atoms with E-state index >= 15 is 0 Å². The second kappa shape index (κ2) is 16.7. The maximum Gasteiger partial charge on any atom is 0.240 e. The van der Waals surface area contributed by atoms with Crippen molar-refractivity contribution in [1.29, 1.82) is 0 Å². The Bertz CT molecular complexity index is 2140. The van der Waals surface area contributed by atoms with Gasteiger partial charge in [0.1, 0.15) is 35.3 Å². The maximum atomic E-state index is 14.6. The number of morpholine rings is 1. The molecule has 8 rings (SSSR count). The fraction of sp³-hybridized carbons (Fsp3) is 0.659. The number of Topliss-reactive ketones (excluding diaryl/α,β-unsaturated/α-hetero) is 1. The van der Waals surface area contributed by atoms with Crippen LogP contribution >= 0.6 is 22.9 Å². The lowest BCUT2D eigenvalue weighted by atomic mass is 9.83. The lowest BCUT2D eigenvalue weighted by Gasteiger charge is -2.40. The van der Waals surface area contributed by atoms with E-state index in [9.17, 15) is 22.8 Å². The van der Waals surface area contributed by atoms with Crippen LogP contribution in [0.1, 0.15) is 96.2 Å². The Kier molecular flexibility index (Phi) is 12.1. The third-order valence-corrected chi connectivity index (χ3v) is 17.3. The molecule has 0 aromatic carbocycles. The third-order valence-electron chi connectivity index (χ3n) is 13.9. The lowest BCUT2D eigenvalue weighted by molar-refractivity contribution is -0.149. The van der Waals surface area contributed by atoms with Crippen LogP contribution in [0, 0.1) is 29.1 Å². The van der Waals surface area contributed by atoms with E-state index in [-0.39, 0.29) is 60.2 Å². The van der Waals surface area contributed by atoms with Crippen LogP contribution in [-0.2, 0) is 38.6 Å². The number of ketones is 1. The minimum Gasteiger partial charge on any atom is -0.492 e. The zero-order valence-electron chi connectivity index (χ0n) is 35.2. The lowest BCUT2D eigenvalue weighted by Crippen LogP contribution is -2.53. The highest BCUT2D eigenvalue weighted by Gasteiger charge is 2.63. The zero-order valence-corrected chi connectivity index (χ0v) is 37.6. The molecule has 7 aliphatic rings. The molecule has 2 amide bonds. The largest absolute Gasteiger partial charge is 0.492 e. The molecule has 2 saturated carbocycles. The number of nitrogens with one attached hydrogen (secondary N) is 1. The Balaban J connectivity index is 1.06. The van der Waals surface area contributed by atoms with Crippen LogP contribution < -0.4 is 4.72 Å². The van der Waals surface area contributed by atoms with Gasteiger partial charge in [-0.3, -0.25) is 29.0 Å². The molecule has 1 N–H and O–H groups in total. The standard InChI is InChI=1S/C44H58ClN5O8S2/c1-7-27-22-44(27,42(53)48-60(54,55)43(6)12-13-43)23-34(51)33-21-37(32-10-8-28(25(2)3)41(52)50(32)33)58-36-20-30(40-47-31(24-59-40)26(4)5)46-39-29(36)9-11-35(38(39)45)57-19-16-49-14-17-56-18-15-49/h7,9,11,20,24-29,32-33,37,39H,1,8,10,12-19,21-23H2,2-6H3,(H,48,53)/t27-,28-,29-,32-,33+,37-,39?,44-/m1/s1. The smallest absolute Gasteiger partial charge is 0.240 e. The normalized spacial score (nSPS) is 32.3. The number of nitrogens with zero attached hydrogens (tertiary/aromatic N) is 4. The van der Waals surface area contributed by atoms with E-state index in [4.69, 9.17) is 35.8 Å². The van der Waals surface area contributed by atoms with Crippen molar-refractivity contribution >= 4 is 56.3 Å². The monoisotopic (exact) mass is 883 g/mol. The number of dihydropyridines is 1. The molecular weight excluding hydrogens is 826 g/mol. The third kappa shape index (κ3) is 8.18. The van der Waals surface area contributed by atoms with Crippen LogP contribution in [0.4, 0.5) is 0 Å². The molecule has 0 spiro atoms. The number of allylic oxidation sites excluding steroid dienone is 3. The minimum atomic E-state index is -3.92. The molecule has 1 unspecified atom stereocenters. The SMILES string of the molecule is C=C[C@@H]1C[C@]1(CC(=O)[C@@H]1C[C@@H](OC2=CC(c3nc(C(C)C)cs3)=NC3C(Cl)=C(OCCN4CCOCC4)C=C[C@H]23)[C@H]2CC[C@H](C(C)C)C(=O)N21)C(=O)NS(=O)(=O)C1(C)CC1. The summed E-state index contributed by atoms with van der Waals surface area (Å²) < 4.78 is 46.4. The molecule has 1 aromatic heterocycles. The molecule has 0 bridgehead atoms. The van der Waals surface area contributed by atoms with E-state index in [1.54, 1.807) is 17.9 Å². The van der Waals surface area contributed by atoms with Gasteiger partial charge in [-0.25, -0.2) is 13.4 Å². The van der Waals surface area contributed by atoms with Crippen molar-refractivity contribution in [2.75, 3.05) is 39.5 Å². The van der Waals surface area contributed by atoms with Gasteiger partial charge >= 0.3 is 0 Å². The summed E-state index contributed by atoms with van der Waals surface area (Å²) in [5.74, 6) is -0.560. The first-order chi connectivity index (χ1) is 28.6. The van der Waals surface area contributed by atoms with Gasteiger partial charge in [-0.05, 0) is 62.9 Å². The molecule has 8 atom stereocenters. The Morgan fingerprint density at radius 2 is 1.93 bits per heavy atom. The first kappa shape index (κ1) is 43.3. The first-order valence-corrected chi connectivity index (χ1v) is 24.3. The van der Waals surface area contributed by atoms with Crippen molar-refractivity contribution in [2.24, 2.45) is 34.1 Å². The number of halogens is 1. The topological polar surface area (TPSA) is 157 Å². The van der Waals surface area contributed by atoms with Crippen LogP contribution in [0.25, 0.3) is 0 Å². The predicted molar refractivity (Wildman–Crippen MR) is 230 cm³/mol. The van der Waals surface area contributed by atoms with E-state index in [0.717, 1.165) is 30.3 Å². The number of thiazole rings is 1. The maximum absolute atomic E-state index is 14.6. The summed E-state index contributed by atoms with van der Waals surface area (Å²) in [4.78, 5) is 56.9. The number of fused-ring (bicyclic) bond motifs is 2. The number of rotatable bonds is 16. The summed E-state index contributed by atoms with van der Waals surface area (Å²) in [6.45, 7) is 18.1. The van der Waals surface area contributed by atoms with E-state index < -0.39 is 44.3 Å². The first-order valence-electron chi connectivity index (χ1n) is 21.5. The van der Waals surface area contributed by atoms with Gasteiger partial charge in [-0.15, -0.1) is 17.9 Å². The van der Waals surface area contributed by atoms with Gasteiger partial charge in [-0.1, -0.05) is 51.4 Å². The van der Waals surface area contributed by atoms with Gasteiger partial charge in [0.15, 0.2) is 5.78 Å². The summed E-state index contributed by atoms with van der Waals surface area (Å²) in [7, 11) is -3.92. The second-order valence-electron chi connectivity index (χ2n) is 18.5. The number of ether oxygens (including phenoxy) is 3. The van der Waals surface area contributed by atoms with E-state index in [1.165, 1.54) is 11.3 Å². The van der Waals surface area contributed by atoms with Crippen molar-refractivity contribution < 1.29 is 37.0 Å². The highest BCUT2D eigenvalue weighted by atomic mass is 35.5. The number of hydrogen-bond donors (Lipinski definition) is 1. The minimum absolute atomic E-state index is 0.0649. The molecule has 5 heterocycles. The van der Waals surface area contributed by atoms with E-state index in [0.29, 0.717) is 74.2 Å². The van der Waals surface area contributed by atoms with Crippen LogP contribution in [0.3, 0.4) is 0 Å². The van der Waals surface area contributed by atoms with Gasteiger partial charge in [0, 0.05) is 49.8 Å². The van der Waals surface area contributed by atoms with Crippen molar-refractivity contribution in [3.63, 3.8) is 0 Å². The van der Waals surface area contributed by atoms with Crippen LogP contribution in [0.15, 0.2) is 57.8 Å². The van der Waals surface area contributed by atoms with Crippen LogP contribution in [0.2, 0.25) is 0 Å². The number of carbonyl (C=O) groups excluding carboxylic acids is 3. The molecule has 5 fully saturated rings. The molecule has 4 aliphatic heterocycles. The second-order valence-corrected chi connectivity index (χ2v) is 22.0. The van der Waals surface area contributed by atoms with Gasteiger partial charge in [-0.2, -0.15) is 0 Å². The number of aromatic nitrogens is 1. The molecule has 60 heavy (non-hydrogen) atoms. The fourth-order valence-electron chi connectivity index (χ4n) is 9.43. The van der Waals surface area contributed by atoms with Crippen molar-refractivity contribution in [1.82, 2.24) is 19.5 Å². The number of amides is 2. The Morgan fingerprint density at radius 1 is 1.18 bits per heavy atom. The molecule has 0 radical (unpaired) electrons. The Morgan fingerprint density at radius 3 is 2.58 bits per heavy atom. The van der Waals surface area contributed by atoms with Crippen LogP contribution in [0.5, 0.6) is 0 Å². The van der Waals surface area contributed by atoms with E-state index in [2.05, 4.69) is 30.0 Å². The molecule has 3 aliphatic carbocycles. The van der Waals surface area contributed by atoms with E-state index in [1.807, 2.05) is 37.5 Å². The van der Waals surface area contributed by atoms with Gasteiger partial charge in [0.2, 0.25) is 21.8 Å². The highest BCUT2D eigenvalue weighted by molar-refractivity contribution is 7.91. The van der Waals surface area contributed by atoms with Crippen molar-refractivity contribution in [3.8, 4) is 0 Å². The fourth-order valence-corrected chi connectivity index (χ4v) is 12.0. The summed E-state index contributed by atoms with van der Waals surface area (Å²) in [6, 6.07) is -1.77. The average molecular weight is 885 g/mol. The Labute approximate surface area is 362 Å². The molecule has 1 aromatic rings. The number of carbonyl (C=O) groups is 3. The molecule has 13 nitrogen and oxygen atoms in total. The van der Waals surface area contributed by atoms with Crippen molar-refractivity contribution in [2.45, 2.75) is 114 Å². The van der Waals surface area contributed by atoms with Crippen LogP contribution in [-0.4, -0.2) is 115 Å². The average Bonchev–Trinajstić information content (AvgIpc) is 4.02. The summed E-state index contributed by atoms with van der Waals surface area (Å²) in [6.07, 6.45) is 9.48. The molecular formula is C44H58ClN5O8S2. The zero-order chi connectivity index (χ0) is 42.7. The summed E-state index contributed by atoms with van der Waals surface area (Å²) >= 11 is 8.69. The quantitative estimate of drug-likeness (QED) is 0.199. The number of sulfonamides is 1. The van der Waals surface area contributed by atoms with Gasteiger partial charge < -0.3 is 19.1 Å². The molecule has 16 heteroatoms. The number of aliphatic imine (C=N–C) groups is 1. The Hall–Kier alpha value is -3.37. The van der Waals surface area contributed by atoms with Gasteiger partial charge in [0.05, 0.1) is 57.8 Å². The van der Waals surface area contributed by atoms with Gasteiger partial charge in [0.25, 0.3) is 0 Å². The number of piperidine rings is 1. The molecule has 3 saturated heterocycles. The predicted octanol–water partition coefficient (Wildman–Crippen LogP) is 5.88. The summed E-state index contributed by atoms with van der Waals surface area (Å²) in [5, 5.41) is 3.24. The molecule has 326 valence electrons.